The molecule has 118 valence electrons. The molecule has 1 saturated heterocycles. The van der Waals surface area contributed by atoms with Crippen molar-refractivity contribution in [3.8, 4) is 5.69 Å². The third-order valence-electron chi connectivity index (χ3n) is 3.51. The van der Waals surface area contributed by atoms with Gasteiger partial charge in [0.15, 0.2) is 11.6 Å². The minimum atomic E-state index is -0.901. The van der Waals surface area contributed by atoms with Crippen molar-refractivity contribution in [1.82, 2.24) is 15.0 Å². The fraction of sp³-hybridized carbons (Fsp3) is 0.385. The minimum Gasteiger partial charge on any atom is -0.365 e. The molecule has 1 aliphatic heterocycles. The summed E-state index contributed by atoms with van der Waals surface area (Å²) in [6.07, 6.45) is 1.53. The van der Waals surface area contributed by atoms with E-state index in [1.54, 1.807) is 4.90 Å². The van der Waals surface area contributed by atoms with Crippen LogP contribution in [-0.2, 0) is 17.3 Å². The Labute approximate surface area is 128 Å². The Morgan fingerprint density at radius 2 is 1.86 bits per heavy atom. The molecule has 9 heteroatoms. The summed E-state index contributed by atoms with van der Waals surface area (Å²) >= 11 is 0. The van der Waals surface area contributed by atoms with Crippen LogP contribution in [0.25, 0.3) is 5.69 Å². The lowest BCUT2D eigenvalue weighted by molar-refractivity contribution is 0.568. The van der Waals surface area contributed by atoms with Crippen LogP contribution < -0.4 is 10.6 Å². The van der Waals surface area contributed by atoms with Crippen LogP contribution in [0.2, 0.25) is 0 Å². The molecule has 1 aromatic carbocycles. The molecule has 1 aliphatic rings. The topological polar surface area (TPSA) is 77.0 Å². The Bertz CT molecular complexity index is 687. The molecule has 0 amide bonds. The number of nitrogens with zero attached hydrogens (tertiary/aromatic N) is 4. The van der Waals surface area contributed by atoms with E-state index >= 15 is 0 Å². The van der Waals surface area contributed by atoms with Gasteiger partial charge in [0.25, 0.3) is 0 Å². The summed E-state index contributed by atoms with van der Waals surface area (Å²) in [5.74, 6) is -0.507. The first kappa shape index (κ1) is 15.0. The van der Waals surface area contributed by atoms with Crippen LogP contribution in [0, 0.1) is 11.6 Å². The monoisotopic (exact) mass is 327 g/mol. The van der Waals surface area contributed by atoms with Gasteiger partial charge >= 0.3 is 0 Å². The highest BCUT2D eigenvalue weighted by Crippen LogP contribution is 2.27. The van der Waals surface area contributed by atoms with E-state index in [-0.39, 0.29) is 17.9 Å². The molecule has 0 unspecified atom stereocenters. The van der Waals surface area contributed by atoms with E-state index in [1.807, 2.05) is 0 Å². The zero-order valence-corrected chi connectivity index (χ0v) is 12.5. The lowest BCUT2D eigenvalue weighted by Crippen LogP contribution is -2.38. The van der Waals surface area contributed by atoms with E-state index in [0.717, 1.165) is 0 Å². The Balaban J connectivity index is 1.92. The van der Waals surface area contributed by atoms with Crippen molar-refractivity contribution in [3.63, 3.8) is 0 Å². The van der Waals surface area contributed by atoms with Gasteiger partial charge in [-0.1, -0.05) is 5.21 Å². The summed E-state index contributed by atoms with van der Waals surface area (Å²) < 4.78 is 41.3. The van der Waals surface area contributed by atoms with Crippen LogP contribution >= 0.6 is 0 Å². The van der Waals surface area contributed by atoms with Crippen LogP contribution in [0.1, 0.15) is 5.69 Å². The van der Waals surface area contributed by atoms with E-state index in [2.05, 4.69) is 10.3 Å². The van der Waals surface area contributed by atoms with Gasteiger partial charge in [0, 0.05) is 54.1 Å². The van der Waals surface area contributed by atoms with Gasteiger partial charge in [-0.2, -0.15) is 0 Å². The number of aromatic nitrogens is 3. The SMILES string of the molecule is NCc1cn(-c2cc(F)c(N3CCS(=O)CC3)c(F)c2)nn1. The highest BCUT2D eigenvalue weighted by atomic mass is 32.2. The van der Waals surface area contributed by atoms with E-state index in [9.17, 15) is 13.0 Å². The van der Waals surface area contributed by atoms with Crippen molar-refractivity contribution in [2.75, 3.05) is 29.5 Å². The van der Waals surface area contributed by atoms with Gasteiger partial charge in [-0.15, -0.1) is 5.10 Å². The maximum Gasteiger partial charge on any atom is 0.151 e. The van der Waals surface area contributed by atoms with Crippen LogP contribution in [0.15, 0.2) is 18.3 Å². The Hall–Kier alpha value is -1.87. The predicted molar refractivity (Wildman–Crippen MR) is 79.3 cm³/mol. The van der Waals surface area contributed by atoms with Crippen LogP contribution in [-0.4, -0.2) is 43.8 Å². The van der Waals surface area contributed by atoms with E-state index in [1.165, 1.54) is 23.0 Å². The van der Waals surface area contributed by atoms with E-state index < -0.39 is 22.4 Å². The number of rotatable bonds is 3. The number of hydrogen-bond donors (Lipinski definition) is 1. The van der Waals surface area contributed by atoms with Crippen molar-refractivity contribution in [2.24, 2.45) is 5.73 Å². The third kappa shape index (κ3) is 2.86. The zero-order chi connectivity index (χ0) is 15.7. The van der Waals surface area contributed by atoms with Crippen molar-refractivity contribution >= 4 is 16.5 Å². The molecule has 2 N–H and O–H groups in total. The highest BCUT2D eigenvalue weighted by Gasteiger charge is 2.22. The summed E-state index contributed by atoms with van der Waals surface area (Å²) in [7, 11) is -0.901. The molecule has 0 saturated carbocycles. The molecule has 2 aromatic rings. The Kier molecular flexibility index (Phi) is 4.16. The molecule has 2 heterocycles. The molecule has 0 radical (unpaired) electrons. The van der Waals surface area contributed by atoms with Gasteiger partial charge in [0.2, 0.25) is 0 Å². The smallest absolute Gasteiger partial charge is 0.151 e. The van der Waals surface area contributed by atoms with Gasteiger partial charge in [-0.3, -0.25) is 4.21 Å². The second kappa shape index (κ2) is 6.09. The zero-order valence-electron chi connectivity index (χ0n) is 11.7. The molecule has 0 bridgehead atoms. The van der Waals surface area contributed by atoms with Gasteiger partial charge in [0.05, 0.1) is 17.6 Å². The number of benzene rings is 1. The molecule has 6 nitrogen and oxygen atoms in total. The molecule has 0 atom stereocenters. The number of nitrogens with two attached hydrogens (primary N) is 1. The first-order valence-electron chi connectivity index (χ1n) is 6.79. The maximum absolute atomic E-state index is 14.3. The Morgan fingerprint density at radius 1 is 1.23 bits per heavy atom. The fourth-order valence-electron chi connectivity index (χ4n) is 2.37. The largest absolute Gasteiger partial charge is 0.365 e. The number of halogens is 2. The standard InChI is InChI=1S/C13H15F2N5OS/c14-11-5-10(20-8-9(7-16)17-18-20)6-12(15)13(11)19-1-3-22(21)4-2-19/h5-6,8H,1-4,7,16H2. The van der Waals surface area contributed by atoms with E-state index in [0.29, 0.717) is 30.3 Å². The van der Waals surface area contributed by atoms with Crippen LogP contribution in [0.3, 0.4) is 0 Å². The molecular formula is C13H15F2N5OS. The maximum atomic E-state index is 14.3. The summed E-state index contributed by atoms with van der Waals surface area (Å²) in [6, 6.07) is 2.41. The normalized spacial score (nSPS) is 16.2. The van der Waals surface area contributed by atoms with Gasteiger partial charge in [-0.25, -0.2) is 13.5 Å². The van der Waals surface area contributed by atoms with Gasteiger partial charge < -0.3 is 10.6 Å². The highest BCUT2D eigenvalue weighted by molar-refractivity contribution is 7.85. The number of anilines is 1. The summed E-state index contributed by atoms with van der Waals surface area (Å²) in [6.45, 7) is 0.953. The van der Waals surface area contributed by atoms with Crippen LogP contribution in [0.4, 0.5) is 14.5 Å². The summed E-state index contributed by atoms with van der Waals surface area (Å²) in [5, 5.41) is 7.58. The molecule has 1 aromatic heterocycles. The lowest BCUT2D eigenvalue weighted by atomic mass is 10.2. The minimum absolute atomic E-state index is 0.0837. The Morgan fingerprint density at radius 3 is 2.41 bits per heavy atom. The molecule has 0 spiro atoms. The lowest BCUT2D eigenvalue weighted by Gasteiger charge is -2.29. The van der Waals surface area contributed by atoms with Crippen molar-refractivity contribution < 1.29 is 13.0 Å². The van der Waals surface area contributed by atoms with Gasteiger partial charge in [0.1, 0.15) is 5.69 Å². The van der Waals surface area contributed by atoms with Crippen molar-refractivity contribution in [3.05, 3.63) is 35.7 Å². The van der Waals surface area contributed by atoms with Crippen molar-refractivity contribution in [2.45, 2.75) is 6.54 Å². The molecular weight excluding hydrogens is 312 g/mol. The second-order valence-corrected chi connectivity index (χ2v) is 6.65. The quantitative estimate of drug-likeness (QED) is 0.892. The fourth-order valence-corrected chi connectivity index (χ4v) is 3.42. The molecule has 1 fully saturated rings. The third-order valence-corrected chi connectivity index (χ3v) is 4.79. The average molecular weight is 327 g/mol. The van der Waals surface area contributed by atoms with E-state index in [4.69, 9.17) is 5.73 Å². The van der Waals surface area contributed by atoms with Gasteiger partial charge in [-0.05, 0) is 0 Å². The summed E-state index contributed by atoms with van der Waals surface area (Å²) in [5.41, 5.74) is 6.13. The predicted octanol–water partition coefficient (Wildman–Crippen LogP) is 0.573. The molecule has 3 rings (SSSR count). The second-order valence-electron chi connectivity index (χ2n) is 4.95. The van der Waals surface area contributed by atoms with Crippen LogP contribution in [0.5, 0.6) is 0 Å². The summed E-state index contributed by atoms with van der Waals surface area (Å²) in [4.78, 5) is 1.59. The number of hydrogen-bond acceptors (Lipinski definition) is 5. The first-order chi connectivity index (χ1) is 10.6. The molecule has 0 aliphatic carbocycles. The molecule has 22 heavy (non-hydrogen) atoms. The van der Waals surface area contributed by atoms with Crippen molar-refractivity contribution in [1.29, 1.82) is 0 Å². The average Bonchev–Trinajstić information content (AvgIpc) is 2.97. The first-order valence-corrected chi connectivity index (χ1v) is 8.28.